The van der Waals surface area contributed by atoms with Gasteiger partial charge in [-0.3, -0.25) is 4.79 Å². The van der Waals surface area contributed by atoms with Gasteiger partial charge in [-0.1, -0.05) is 39.1 Å². The number of benzene rings is 2. The van der Waals surface area contributed by atoms with Gasteiger partial charge in [0.1, 0.15) is 5.75 Å². The first-order valence-corrected chi connectivity index (χ1v) is 7.18. The molecule has 5 heteroatoms. The number of carbonyl (C=O) groups is 1. The van der Waals surface area contributed by atoms with Gasteiger partial charge in [-0.15, -0.1) is 0 Å². The van der Waals surface area contributed by atoms with Crippen LogP contribution in [0.5, 0.6) is 5.75 Å². The Morgan fingerprint density at radius 2 is 1.90 bits per heavy atom. The van der Waals surface area contributed by atoms with E-state index in [1.165, 1.54) is 12.1 Å². The summed E-state index contributed by atoms with van der Waals surface area (Å²) in [4.78, 5) is 12.1. The SMILES string of the molecule is O=C(/C=C/c1cc(O)ccc1Br)c1ccc(Cl)cc1Cl. The van der Waals surface area contributed by atoms with Crippen LogP contribution in [0.1, 0.15) is 15.9 Å². The zero-order valence-corrected chi connectivity index (χ0v) is 13.2. The lowest BCUT2D eigenvalue weighted by Gasteiger charge is -2.01. The van der Waals surface area contributed by atoms with Crippen molar-refractivity contribution in [2.75, 3.05) is 0 Å². The normalized spacial score (nSPS) is 10.9. The van der Waals surface area contributed by atoms with Crippen molar-refractivity contribution in [3.63, 3.8) is 0 Å². The topological polar surface area (TPSA) is 37.3 Å². The van der Waals surface area contributed by atoms with Crippen LogP contribution in [0.15, 0.2) is 46.9 Å². The fraction of sp³-hybridized carbons (Fsp3) is 0. The Morgan fingerprint density at radius 1 is 1.15 bits per heavy atom. The first-order chi connectivity index (χ1) is 9.47. The molecule has 20 heavy (non-hydrogen) atoms. The molecule has 0 aliphatic heterocycles. The highest BCUT2D eigenvalue weighted by Crippen LogP contribution is 2.24. The number of hydrogen-bond acceptors (Lipinski definition) is 2. The Morgan fingerprint density at radius 3 is 2.60 bits per heavy atom. The lowest BCUT2D eigenvalue weighted by Crippen LogP contribution is -1.95. The second-order valence-electron chi connectivity index (χ2n) is 4.03. The highest BCUT2D eigenvalue weighted by atomic mass is 79.9. The van der Waals surface area contributed by atoms with E-state index in [-0.39, 0.29) is 11.5 Å². The maximum absolute atomic E-state index is 12.1. The van der Waals surface area contributed by atoms with Crippen LogP contribution in [-0.2, 0) is 0 Å². The van der Waals surface area contributed by atoms with Crippen LogP contribution in [0.2, 0.25) is 10.0 Å². The molecule has 0 aliphatic carbocycles. The van der Waals surface area contributed by atoms with E-state index in [1.54, 1.807) is 36.4 Å². The lowest BCUT2D eigenvalue weighted by molar-refractivity contribution is 0.104. The van der Waals surface area contributed by atoms with Crippen molar-refractivity contribution in [3.05, 3.63) is 68.1 Å². The fourth-order valence-electron chi connectivity index (χ4n) is 1.60. The van der Waals surface area contributed by atoms with Gasteiger partial charge in [-0.2, -0.15) is 0 Å². The zero-order chi connectivity index (χ0) is 14.7. The van der Waals surface area contributed by atoms with Crippen molar-refractivity contribution >= 4 is 51.0 Å². The van der Waals surface area contributed by atoms with Crippen molar-refractivity contribution < 1.29 is 9.90 Å². The summed E-state index contributed by atoms with van der Waals surface area (Å²) in [5.41, 5.74) is 1.08. The molecule has 0 saturated carbocycles. The number of rotatable bonds is 3. The largest absolute Gasteiger partial charge is 0.508 e. The summed E-state index contributed by atoms with van der Waals surface area (Å²) in [5, 5.41) is 10.2. The zero-order valence-electron chi connectivity index (χ0n) is 10.1. The van der Waals surface area contributed by atoms with Gasteiger partial charge >= 0.3 is 0 Å². The molecule has 2 rings (SSSR count). The highest BCUT2D eigenvalue weighted by molar-refractivity contribution is 9.10. The molecule has 1 N–H and O–H groups in total. The third-order valence-electron chi connectivity index (χ3n) is 2.59. The predicted octanol–water partition coefficient (Wildman–Crippen LogP) is 5.36. The molecular formula is C15H9BrCl2O2. The molecule has 0 aliphatic rings. The molecule has 0 aromatic heterocycles. The summed E-state index contributed by atoms with van der Waals surface area (Å²) in [5.74, 6) is -0.105. The molecule has 102 valence electrons. The van der Waals surface area contributed by atoms with Gasteiger partial charge in [-0.25, -0.2) is 0 Å². The van der Waals surface area contributed by atoms with E-state index in [0.29, 0.717) is 21.2 Å². The molecule has 0 atom stereocenters. The Balaban J connectivity index is 2.27. The minimum Gasteiger partial charge on any atom is -0.508 e. The van der Waals surface area contributed by atoms with E-state index < -0.39 is 0 Å². The van der Waals surface area contributed by atoms with Crippen LogP contribution < -0.4 is 0 Å². The van der Waals surface area contributed by atoms with Gasteiger partial charge in [0.15, 0.2) is 5.78 Å². The van der Waals surface area contributed by atoms with E-state index in [2.05, 4.69) is 15.9 Å². The lowest BCUT2D eigenvalue weighted by atomic mass is 10.1. The van der Waals surface area contributed by atoms with Gasteiger partial charge in [0.05, 0.1) is 5.02 Å². The van der Waals surface area contributed by atoms with Crippen LogP contribution in [0.4, 0.5) is 0 Å². The summed E-state index contributed by atoms with van der Waals surface area (Å²) < 4.78 is 0.779. The van der Waals surface area contributed by atoms with E-state index in [0.717, 1.165) is 4.47 Å². The smallest absolute Gasteiger partial charge is 0.187 e. The molecular weight excluding hydrogens is 363 g/mol. The molecule has 0 spiro atoms. The van der Waals surface area contributed by atoms with Crippen molar-refractivity contribution in [2.45, 2.75) is 0 Å². The molecule has 2 aromatic rings. The van der Waals surface area contributed by atoms with Gasteiger partial charge in [0.25, 0.3) is 0 Å². The Labute approximate surface area is 134 Å². The Kier molecular flexibility index (Phi) is 4.86. The van der Waals surface area contributed by atoms with E-state index in [1.807, 2.05) is 0 Å². The van der Waals surface area contributed by atoms with Crippen LogP contribution in [0.25, 0.3) is 6.08 Å². The minimum atomic E-state index is -0.234. The summed E-state index contributed by atoms with van der Waals surface area (Å²) >= 11 is 15.1. The number of aromatic hydroxyl groups is 1. The fourth-order valence-corrected chi connectivity index (χ4v) is 2.48. The average Bonchev–Trinajstić information content (AvgIpc) is 2.39. The molecule has 0 unspecified atom stereocenters. The van der Waals surface area contributed by atoms with Crippen molar-refractivity contribution in [3.8, 4) is 5.75 Å². The molecule has 0 fully saturated rings. The third-order valence-corrected chi connectivity index (χ3v) is 3.86. The molecule has 2 nitrogen and oxygen atoms in total. The van der Waals surface area contributed by atoms with Gasteiger partial charge in [0, 0.05) is 15.1 Å². The van der Waals surface area contributed by atoms with E-state index >= 15 is 0 Å². The number of phenols is 1. The first kappa shape index (κ1) is 15.1. The van der Waals surface area contributed by atoms with Gasteiger partial charge in [-0.05, 0) is 54.1 Å². The van der Waals surface area contributed by atoms with Gasteiger partial charge < -0.3 is 5.11 Å². The number of carbonyl (C=O) groups excluding carboxylic acids is 1. The molecule has 0 heterocycles. The molecule has 0 bridgehead atoms. The standard InChI is InChI=1S/C15H9BrCl2O2/c16-13-5-3-11(19)7-9(13)1-6-15(20)12-4-2-10(17)8-14(12)18/h1-8,19H/b6-1+. The summed E-state index contributed by atoms with van der Waals surface area (Å²) in [7, 11) is 0. The average molecular weight is 372 g/mol. The molecule has 0 saturated heterocycles. The maximum Gasteiger partial charge on any atom is 0.187 e. The van der Waals surface area contributed by atoms with E-state index in [4.69, 9.17) is 23.2 Å². The molecule has 0 radical (unpaired) electrons. The number of halogens is 3. The van der Waals surface area contributed by atoms with Gasteiger partial charge in [0.2, 0.25) is 0 Å². The number of hydrogen-bond donors (Lipinski definition) is 1. The second kappa shape index (κ2) is 6.44. The van der Waals surface area contributed by atoms with Crippen molar-refractivity contribution in [1.82, 2.24) is 0 Å². The molecule has 2 aromatic carbocycles. The Hall–Kier alpha value is -1.29. The van der Waals surface area contributed by atoms with Crippen LogP contribution in [-0.4, -0.2) is 10.9 Å². The quantitative estimate of drug-likeness (QED) is 0.582. The predicted molar refractivity (Wildman–Crippen MR) is 85.6 cm³/mol. The minimum absolute atomic E-state index is 0.129. The van der Waals surface area contributed by atoms with Crippen LogP contribution in [0.3, 0.4) is 0 Å². The maximum atomic E-state index is 12.1. The number of ketones is 1. The van der Waals surface area contributed by atoms with Crippen LogP contribution >= 0.6 is 39.1 Å². The number of phenolic OH excluding ortho intramolecular Hbond substituents is 1. The third kappa shape index (κ3) is 3.63. The van der Waals surface area contributed by atoms with Crippen molar-refractivity contribution in [2.24, 2.45) is 0 Å². The monoisotopic (exact) mass is 370 g/mol. The number of allylic oxidation sites excluding steroid dienone is 1. The summed E-state index contributed by atoms with van der Waals surface area (Å²) in [6, 6.07) is 9.52. The first-order valence-electron chi connectivity index (χ1n) is 5.63. The molecule has 0 amide bonds. The summed E-state index contributed by atoms with van der Waals surface area (Å²) in [6.45, 7) is 0. The second-order valence-corrected chi connectivity index (χ2v) is 5.73. The van der Waals surface area contributed by atoms with E-state index in [9.17, 15) is 9.90 Å². The van der Waals surface area contributed by atoms with Crippen molar-refractivity contribution in [1.29, 1.82) is 0 Å². The van der Waals surface area contributed by atoms with Crippen LogP contribution in [0, 0.1) is 0 Å². The summed E-state index contributed by atoms with van der Waals surface area (Å²) in [6.07, 6.45) is 3.01. The highest BCUT2D eigenvalue weighted by Gasteiger charge is 2.08. The Bertz CT molecular complexity index is 696.